The second kappa shape index (κ2) is 4.81. The largest absolute Gasteiger partial charge is 0.346 e. The fourth-order valence-electron chi connectivity index (χ4n) is 4.77. The summed E-state index contributed by atoms with van der Waals surface area (Å²) in [5, 5.41) is 13.7. The van der Waals surface area contributed by atoms with Gasteiger partial charge in [0.25, 0.3) is 5.91 Å². The van der Waals surface area contributed by atoms with Crippen LogP contribution in [0.5, 0.6) is 0 Å². The van der Waals surface area contributed by atoms with E-state index in [1.165, 1.54) is 37.1 Å². The van der Waals surface area contributed by atoms with E-state index in [2.05, 4.69) is 16.3 Å². The smallest absolute Gasteiger partial charge is 0.261 e. The van der Waals surface area contributed by atoms with Crippen LogP contribution in [0.25, 0.3) is 10.1 Å². The first-order valence-electron chi connectivity index (χ1n) is 8.61. The van der Waals surface area contributed by atoms with Crippen molar-refractivity contribution in [2.45, 2.75) is 37.8 Å². The van der Waals surface area contributed by atoms with E-state index in [0.717, 1.165) is 27.1 Å². The summed E-state index contributed by atoms with van der Waals surface area (Å²) in [6.07, 6.45) is 3.65. The van der Waals surface area contributed by atoms with Crippen LogP contribution in [0.4, 0.5) is 0 Å². The lowest BCUT2D eigenvalue weighted by Gasteiger charge is -2.33. The molecule has 3 fully saturated rings. The lowest BCUT2D eigenvalue weighted by Crippen LogP contribution is -2.51. The van der Waals surface area contributed by atoms with E-state index in [1.807, 2.05) is 25.1 Å². The van der Waals surface area contributed by atoms with Gasteiger partial charge < -0.3 is 5.32 Å². The number of rotatable bonds is 2. The number of fused-ring (bicyclic) bond motifs is 4. The van der Waals surface area contributed by atoms with Gasteiger partial charge in [-0.15, -0.1) is 11.3 Å². The Morgan fingerprint density at radius 2 is 2.29 bits per heavy atom. The van der Waals surface area contributed by atoms with E-state index in [9.17, 15) is 10.1 Å². The first-order chi connectivity index (χ1) is 11.6. The molecule has 24 heavy (non-hydrogen) atoms. The molecular weight excluding hydrogens is 318 g/mol. The van der Waals surface area contributed by atoms with Crippen molar-refractivity contribution in [3.8, 4) is 6.07 Å². The van der Waals surface area contributed by atoms with Gasteiger partial charge in [-0.3, -0.25) is 9.69 Å². The number of carbonyl (C=O) groups is 1. The number of aryl methyl sites for hydroxylation is 1. The molecule has 3 atom stereocenters. The van der Waals surface area contributed by atoms with Crippen molar-refractivity contribution in [1.82, 2.24) is 10.2 Å². The van der Waals surface area contributed by atoms with E-state index in [1.54, 1.807) is 0 Å². The number of hydrogen-bond acceptors (Lipinski definition) is 4. The zero-order valence-electron chi connectivity index (χ0n) is 13.6. The molecule has 5 rings (SSSR count). The molecule has 5 heteroatoms. The molecule has 2 saturated heterocycles. The van der Waals surface area contributed by atoms with Gasteiger partial charge in [-0.25, -0.2) is 0 Å². The number of nitriles is 1. The summed E-state index contributed by atoms with van der Waals surface area (Å²) >= 11 is 1.45. The van der Waals surface area contributed by atoms with E-state index in [4.69, 9.17) is 0 Å². The van der Waals surface area contributed by atoms with Crippen molar-refractivity contribution in [1.29, 1.82) is 5.26 Å². The van der Waals surface area contributed by atoms with Gasteiger partial charge in [0.15, 0.2) is 0 Å². The number of nitrogens with zero attached hydrogens (tertiary/aromatic N) is 2. The molecule has 3 heterocycles. The average Bonchev–Trinajstić information content (AvgIpc) is 2.96. The summed E-state index contributed by atoms with van der Waals surface area (Å²) in [7, 11) is 0. The van der Waals surface area contributed by atoms with Crippen LogP contribution in [0.15, 0.2) is 18.2 Å². The molecule has 2 aliphatic heterocycles. The average molecular weight is 337 g/mol. The molecule has 2 aromatic rings. The normalized spacial score (nSPS) is 29.1. The fourth-order valence-corrected chi connectivity index (χ4v) is 5.88. The molecule has 4 nitrogen and oxygen atoms in total. The molecule has 1 spiro atoms. The lowest BCUT2D eigenvalue weighted by atomic mass is 9.92. The van der Waals surface area contributed by atoms with E-state index in [-0.39, 0.29) is 11.4 Å². The molecule has 2 unspecified atom stereocenters. The fraction of sp³-hybridized carbons (Fsp3) is 0.474. The third kappa shape index (κ3) is 1.84. The van der Waals surface area contributed by atoms with E-state index >= 15 is 0 Å². The third-order valence-electron chi connectivity index (χ3n) is 6.18. The Kier molecular flexibility index (Phi) is 2.89. The monoisotopic (exact) mass is 337 g/mol. The maximum absolute atomic E-state index is 12.8. The lowest BCUT2D eigenvalue weighted by molar-refractivity contribution is 0.0896. The molecule has 2 bridgehead atoms. The van der Waals surface area contributed by atoms with Gasteiger partial charge in [-0.1, -0.05) is 12.1 Å². The first-order valence-corrected chi connectivity index (χ1v) is 9.43. The maximum atomic E-state index is 12.8. The number of benzene rings is 1. The summed E-state index contributed by atoms with van der Waals surface area (Å²) in [5.74, 6) is 0.644. The summed E-state index contributed by atoms with van der Waals surface area (Å²) < 4.78 is 0.931. The highest BCUT2D eigenvalue weighted by atomic mass is 32.1. The van der Waals surface area contributed by atoms with Gasteiger partial charge >= 0.3 is 0 Å². The van der Waals surface area contributed by atoms with Crippen LogP contribution in [0.2, 0.25) is 0 Å². The van der Waals surface area contributed by atoms with Gasteiger partial charge in [-0.05, 0) is 55.7 Å². The number of carbonyl (C=O) groups excluding carboxylic acids is 1. The molecule has 122 valence electrons. The number of nitrogens with one attached hydrogen (secondary N) is 1. The minimum absolute atomic E-state index is 0.0303. The zero-order valence-corrected chi connectivity index (χ0v) is 14.4. The Morgan fingerprint density at radius 3 is 3.04 bits per heavy atom. The SMILES string of the molecule is Cc1ccc2cc(C(=O)N[C@@H]3C4CCN(C4)C34CC4)sc2c1C#N. The number of amides is 1. The van der Waals surface area contributed by atoms with Crippen LogP contribution in [0.3, 0.4) is 0 Å². The Labute approximate surface area is 145 Å². The van der Waals surface area contributed by atoms with Crippen LogP contribution in [0, 0.1) is 24.2 Å². The molecule has 0 radical (unpaired) electrons. The topological polar surface area (TPSA) is 56.1 Å². The van der Waals surface area contributed by atoms with Crippen molar-refractivity contribution in [2.24, 2.45) is 5.92 Å². The second-order valence-corrected chi connectivity index (χ2v) is 8.50. The quantitative estimate of drug-likeness (QED) is 0.916. The molecule has 1 saturated carbocycles. The van der Waals surface area contributed by atoms with Gasteiger partial charge in [-0.2, -0.15) is 5.26 Å². The van der Waals surface area contributed by atoms with Gasteiger partial charge in [0.05, 0.1) is 21.2 Å². The highest BCUT2D eigenvalue weighted by molar-refractivity contribution is 7.21. The molecule has 1 amide bonds. The van der Waals surface area contributed by atoms with E-state index < -0.39 is 0 Å². The minimum Gasteiger partial charge on any atom is -0.346 e. The molecule has 1 aromatic heterocycles. The second-order valence-electron chi connectivity index (χ2n) is 7.45. The van der Waals surface area contributed by atoms with Crippen LogP contribution in [-0.4, -0.2) is 35.5 Å². The molecule has 1 N–H and O–H groups in total. The van der Waals surface area contributed by atoms with E-state index in [0.29, 0.717) is 17.5 Å². The van der Waals surface area contributed by atoms with Crippen molar-refractivity contribution < 1.29 is 4.79 Å². The van der Waals surface area contributed by atoms with Crippen LogP contribution in [0.1, 0.15) is 40.1 Å². The number of piperidine rings is 1. The minimum atomic E-state index is 0.0303. The highest BCUT2D eigenvalue weighted by Crippen LogP contribution is 2.55. The summed E-state index contributed by atoms with van der Waals surface area (Å²) in [6, 6.07) is 8.48. The Morgan fingerprint density at radius 1 is 1.46 bits per heavy atom. The van der Waals surface area contributed by atoms with Gasteiger partial charge in [0, 0.05) is 12.1 Å². The van der Waals surface area contributed by atoms with Crippen LogP contribution >= 0.6 is 11.3 Å². The molecule has 1 aromatic carbocycles. The highest BCUT2D eigenvalue weighted by Gasteiger charge is 2.63. The van der Waals surface area contributed by atoms with Crippen molar-refractivity contribution in [3.63, 3.8) is 0 Å². The maximum Gasteiger partial charge on any atom is 0.261 e. The summed E-state index contributed by atoms with van der Waals surface area (Å²) in [4.78, 5) is 16.2. The van der Waals surface area contributed by atoms with Crippen molar-refractivity contribution in [3.05, 3.63) is 34.2 Å². The van der Waals surface area contributed by atoms with Crippen molar-refractivity contribution in [2.75, 3.05) is 13.1 Å². The summed E-state index contributed by atoms with van der Waals surface area (Å²) in [6.45, 7) is 4.29. The molecule has 1 aliphatic carbocycles. The van der Waals surface area contributed by atoms with Crippen LogP contribution in [-0.2, 0) is 0 Å². The predicted molar refractivity (Wildman–Crippen MR) is 94.2 cm³/mol. The molecular formula is C19H19N3OS. The third-order valence-corrected chi connectivity index (χ3v) is 7.35. The number of hydrogen-bond donors (Lipinski definition) is 1. The number of thiophene rings is 1. The Balaban J connectivity index is 1.46. The zero-order chi connectivity index (χ0) is 16.5. The van der Waals surface area contributed by atoms with Crippen LogP contribution < -0.4 is 5.32 Å². The van der Waals surface area contributed by atoms with Gasteiger partial charge in [0.1, 0.15) is 6.07 Å². The summed E-state index contributed by atoms with van der Waals surface area (Å²) in [5.41, 5.74) is 1.93. The predicted octanol–water partition coefficient (Wildman–Crippen LogP) is 3.05. The first kappa shape index (κ1) is 14.4. The Bertz CT molecular complexity index is 905. The molecule has 3 aliphatic rings. The van der Waals surface area contributed by atoms with Gasteiger partial charge in [0.2, 0.25) is 0 Å². The Hall–Kier alpha value is -1.90. The van der Waals surface area contributed by atoms with Crippen molar-refractivity contribution >= 4 is 27.3 Å². The standard InChI is InChI=1S/C19H19N3OS/c1-11-2-3-12-8-15(24-16(12)14(11)9-20)18(23)21-17-13-4-7-22(10-13)19(17)5-6-19/h2-3,8,13,17H,4-7,10H2,1H3,(H,21,23)/t13?,17-/m1/s1.